The molecule has 0 radical (unpaired) electrons. The molecule has 0 heterocycles. The fourth-order valence-electron chi connectivity index (χ4n) is 4.30. The molecule has 128 valence electrons. The fourth-order valence-corrected chi connectivity index (χ4v) is 5.75. The van der Waals surface area contributed by atoms with Gasteiger partial charge in [-0.15, -0.1) is 0 Å². The van der Waals surface area contributed by atoms with Crippen LogP contribution >= 0.6 is 0 Å². The summed E-state index contributed by atoms with van der Waals surface area (Å²) >= 11 is 0. The van der Waals surface area contributed by atoms with Crippen molar-refractivity contribution in [2.24, 2.45) is 17.3 Å². The van der Waals surface area contributed by atoms with Crippen LogP contribution in [-0.4, -0.2) is 27.5 Å². The second kappa shape index (κ2) is 5.93. The van der Waals surface area contributed by atoms with Gasteiger partial charge in [-0.1, -0.05) is 34.1 Å². The number of methoxy groups -OCH3 is 1. The van der Waals surface area contributed by atoms with E-state index in [1.807, 2.05) is 0 Å². The van der Waals surface area contributed by atoms with Gasteiger partial charge >= 0.3 is 5.97 Å². The number of hydrogen-bond donors (Lipinski definition) is 0. The smallest absolute Gasteiger partial charge is 0.308 e. The first-order valence-corrected chi connectivity index (χ1v) is 11.7. The van der Waals surface area contributed by atoms with E-state index < -0.39 is 8.32 Å². The molecule has 2 rings (SSSR count). The number of esters is 1. The van der Waals surface area contributed by atoms with Crippen LogP contribution in [0.3, 0.4) is 0 Å². The van der Waals surface area contributed by atoms with Crippen molar-refractivity contribution in [3.8, 4) is 0 Å². The van der Waals surface area contributed by atoms with E-state index in [1.165, 1.54) is 13.5 Å². The molecule has 2 aliphatic rings. The molecule has 2 saturated carbocycles. The van der Waals surface area contributed by atoms with Crippen LogP contribution < -0.4 is 0 Å². The van der Waals surface area contributed by atoms with E-state index in [-0.39, 0.29) is 22.3 Å². The molecule has 0 aromatic heterocycles. The average molecular weight is 327 g/mol. The SMILES string of the molecule is COC(=O)[C@@H]1CCC[C@]2(C)C(O[Si](C)(C)C(C)(C)C)CC[C@@H]12. The molecule has 0 bridgehead atoms. The van der Waals surface area contributed by atoms with E-state index in [0.717, 1.165) is 25.7 Å². The Labute approximate surface area is 137 Å². The topological polar surface area (TPSA) is 35.5 Å². The molecule has 0 saturated heterocycles. The minimum atomic E-state index is -1.77. The molecule has 0 spiro atoms. The second-order valence-electron chi connectivity index (χ2n) is 9.08. The Morgan fingerprint density at radius 1 is 1.18 bits per heavy atom. The molecule has 4 heteroatoms. The highest BCUT2D eigenvalue weighted by Crippen LogP contribution is 2.57. The number of ether oxygens (including phenoxy) is 1. The minimum Gasteiger partial charge on any atom is -0.469 e. The van der Waals surface area contributed by atoms with Crippen LogP contribution in [0.1, 0.15) is 59.8 Å². The van der Waals surface area contributed by atoms with Gasteiger partial charge in [-0.05, 0) is 55.1 Å². The first-order valence-electron chi connectivity index (χ1n) is 8.78. The van der Waals surface area contributed by atoms with Gasteiger partial charge in [0.05, 0.1) is 19.1 Å². The summed E-state index contributed by atoms with van der Waals surface area (Å²) in [7, 11) is -0.246. The van der Waals surface area contributed by atoms with Gasteiger partial charge in [0, 0.05) is 0 Å². The number of hydrogen-bond acceptors (Lipinski definition) is 3. The van der Waals surface area contributed by atoms with E-state index in [4.69, 9.17) is 9.16 Å². The van der Waals surface area contributed by atoms with E-state index in [1.54, 1.807) is 0 Å². The van der Waals surface area contributed by atoms with Crippen LogP contribution in [0.4, 0.5) is 0 Å². The Balaban J connectivity index is 2.19. The van der Waals surface area contributed by atoms with E-state index >= 15 is 0 Å². The molecular formula is C18H34O3Si. The van der Waals surface area contributed by atoms with Gasteiger partial charge in [0.2, 0.25) is 0 Å². The molecule has 0 amide bonds. The lowest BCUT2D eigenvalue weighted by Crippen LogP contribution is -2.50. The number of fused-ring (bicyclic) bond motifs is 1. The summed E-state index contributed by atoms with van der Waals surface area (Å²) in [5.41, 5.74) is 0.145. The van der Waals surface area contributed by atoms with Gasteiger partial charge in [0.1, 0.15) is 0 Å². The van der Waals surface area contributed by atoms with Crippen molar-refractivity contribution < 1.29 is 14.0 Å². The maximum atomic E-state index is 12.1. The Morgan fingerprint density at radius 2 is 1.82 bits per heavy atom. The van der Waals surface area contributed by atoms with Crippen molar-refractivity contribution in [3.05, 3.63) is 0 Å². The molecule has 2 fully saturated rings. The van der Waals surface area contributed by atoms with Crippen LogP contribution in [0.15, 0.2) is 0 Å². The lowest BCUT2D eigenvalue weighted by atomic mass is 9.63. The summed E-state index contributed by atoms with van der Waals surface area (Å²) < 4.78 is 11.8. The summed E-state index contributed by atoms with van der Waals surface area (Å²) in [6, 6.07) is 0. The van der Waals surface area contributed by atoms with Gasteiger partial charge in [0.15, 0.2) is 8.32 Å². The number of rotatable bonds is 3. The predicted molar refractivity (Wildman–Crippen MR) is 92.3 cm³/mol. The van der Waals surface area contributed by atoms with Crippen molar-refractivity contribution in [1.82, 2.24) is 0 Å². The highest BCUT2D eigenvalue weighted by Gasteiger charge is 2.55. The number of carbonyl (C=O) groups is 1. The molecule has 4 atom stereocenters. The standard InChI is InChI=1S/C18H34O3Si/c1-17(2,3)22(6,7)21-15-11-10-14-13(16(19)20-5)9-8-12-18(14,15)4/h13-15H,8-12H2,1-7H3/t13-,14+,15?,18+/m1/s1. The quantitative estimate of drug-likeness (QED) is 0.554. The molecule has 22 heavy (non-hydrogen) atoms. The minimum absolute atomic E-state index is 0.0103. The summed E-state index contributed by atoms with van der Waals surface area (Å²) in [5.74, 6) is 0.504. The third kappa shape index (κ3) is 3.01. The molecule has 0 aromatic rings. The zero-order valence-corrected chi connectivity index (χ0v) is 16.5. The Bertz CT molecular complexity index is 427. The summed E-state index contributed by atoms with van der Waals surface area (Å²) in [5, 5.41) is 0.234. The van der Waals surface area contributed by atoms with E-state index in [0.29, 0.717) is 12.0 Å². The second-order valence-corrected chi connectivity index (χ2v) is 13.8. The van der Waals surface area contributed by atoms with Crippen molar-refractivity contribution in [3.63, 3.8) is 0 Å². The molecule has 2 aliphatic carbocycles. The maximum absolute atomic E-state index is 12.1. The first kappa shape index (κ1) is 18.0. The fraction of sp³-hybridized carbons (Fsp3) is 0.944. The Morgan fingerprint density at radius 3 is 2.36 bits per heavy atom. The zero-order chi connectivity index (χ0) is 16.8. The molecule has 1 unspecified atom stereocenters. The van der Waals surface area contributed by atoms with Crippen LogP contribution in [-0.2, 0) is 14.0 Å². The largest absolute Gasteiger partial charge is 0.469 e. The third-order valence-electron chi connectivity index (χ3n) is 6.79. The van der Waals surface area contributed by atoms with Gasteiger partial charge in [-0.3, -0.25) is 4.79 Å². The van der Waals surface area contributed by atoms with E-state index in [9.17, 15) is 4.79 Å². The maximum Gasteiger partial charge on any atom is 0.308 e. The van der Waals surface area contributed by atoms with Crippen molar-refractivity contribution in [1.29, 1.82) is 0 Å². The molecule has 3 nitrogen and oxygen atoms in total. The van der Waals surface area contributed by atoms with E-state index in [2.05, 4.69) is 40.8 Å². The molecule has 0 aromatic carbocycles. The van der Waals surface area contributed by atoms with Gasteiger partial charge in [-0.2, -0.15) is 0 Å². The zero-order valence-electron chi connectivity index (χ0n) is 15.5. The summed E-state index contributed by atoms with van der Waals surface area (Å²) in [6.07, 6.45) is 5.80. The van der Waals surface area contributed by atoms with Gasteiger partial charge in [0.25, 0.3) is 0 Å². The van der Waals surface area contributed by atoms with Crippen LogP contribution in [0.5, 0.6) is 0 Å². The van der Waals surface area contributed by atoms with Crippen molar-refractivity contribution in [2.75, 3.05) is 7.11 Å². The van der Waals surface area contributed by atoms with Gasteiger partial charge in [-0.25, -0.2) is 0 Å². The number of carbonyl (C=O) groups excluding carboxylic acids is 1. The van der Waals surface area contributed by atoms with Crippen LogP contribution in [0.25, 0.3) is 0 Å². The molecular weight excluding hydrogens is 292 g/mol. The Kier molecular flexibility index (Phi) is 4.85. The molecule has 0 aliphatic heterocycles. The normalized spacial score (nSPS) is 36.0. The first-order chi connectivity index (χ1) is 10.0. The van der Waals surface area contributed by atoms with Crippen molar-refractivity contribution in [2.45, 2.75) is 84.0 Å². The lowest BCUT2D eigenvalue weighted by molar-refractivity contribution is -0.152. The Hall–Kier alpha value is -0.353. The third-order valence-corrected chi connectivity index (χ3v) is 11.3. The van der Waals surface area contributed by atoms with Crippen LogP contribution in [0, 0.1) is 17.3 Å². The summed E-state index contributed by atoms with van der Waals surface area (Å²) in [6.45, 7) is 13.9. The van der Waals surface area contributed by atoms with Gasteiger partial charge < -0.3 is 9.16 Å². The van der Waals surface area contributed by atoms with Crippen molar-refractivity contribution >= 4 is 14.3 Å². The summed E-state index contributed by atoms with van der Waals surface area (Å²) in [4.78, 5) is 12.1. The monoisotopic (exact) mass is 326 g/mol. The highest BCUT2D eigenvalue weighted by atomic mass is 28.4. The van der Waals surface area contributed by atoms with Crippen LogP contribution in [0.2, 0.25) is 18.1 Å². The highest BCUT2D eigenvalue weighted by molar-refractivity contribution is 6.74. The predicted octanol–water partition coefficient (Wildman–Crippen LogP) is 4.77. The molecule has 0 N–H and O–H groups in total. The average Bonchev–Trinajstić information content (AvgIpc) is 2.73. The lowest BCUT2D eigenvalue weighted by Gasteiger charge is -2.47.